The predicted octanol–water partition coefficient (Wildman–Crippen LogP) is 4.50. The summed E-state index contributed by atoms with van der Waals surface area (Å²) in [6, 6.07) is 8.43. The van der Waals surface area contributed by atoms with E-state index >= 15 is 0 Å². The second-order valence-corrected chi connectivity index (χ2v) is 5.57. The quantitative estimate of drug-likeness (QED) is 0.774. The van der Waals surface area contributed by atoms with Gasteiger partial charge in [-0.25, -0.2) is 0 Å². The first-order chi connectivity index (χ1) is 8.41. The predicted molar refractivity (Wildman–Crippen MR) is 81.3 cm³/mol. The third-order valence-corrected chi connectivity index (χ3v) is 3.84. The molecule has 0 amide bonds. The molecule has 1 aromatic rings. The van der Waals surface area contributed by atoms with Crippen LogP contribution in [0.3, 0.4) is 0 Å². The SMILES string of the molecule is C/C=C\C=C(/N)c1ccccc1C(C)(C)C(C)C. The molecule has 0 aliphatic carbocycles. The zero-order valence-corrected chi connectivity index (χ0v) is 12.2. The molecule has 0 aliphatic heterocycles. The van der Waals surface area contributed by atoms with Crippen molar-refractivity contribution in [2.45, 2.75) is 40.0 Å². The minimum atomic E-state index is 0.116. The van der Waals surface area contributed by atoms with Gasteiger partial charge in [0.15, 0.2) is 0 Å². The van der Waals surface area contributed by atoms with Crippen LogP contribution in [0.2, 0.25) is 0 Å². The van der Waals surface area contributed by atoms with Crippen LogP contribution in [0.1, 0.15) is 45.7 Å². The van der Waals surface area contributed by atoms with Gasteiger partial charge in [0, 0.05) is 11.3 Å². The molecule has 0 heterocycles. The van der Waals surface area contributed by atoms with Gasteiger partial charge in [0.25, 0.3) is 0 Å². The van der Waals surface area contributed by atoms with Crippen LogP contribution in [0.15, 0.2) is 42.5 Å². The molecule has 0 spiro atoms. The zero-order valence-electron chi connectivity index (χ0n) is 12.2. The van der Waals surface area contributed by atoms with Crippen LogP contribution in [0, 0.1) is 5.92 Å². The Hall–Kier alpha value is -1.50. The standard InChI is InChI=1S/C17H25N/c1-6-7-12-16(18)14-10-8-9-11-15(14)17(4,5)13(2)3/h6-13H,18H2,1-5H3/b7-6-,16-12-. The second-order valence-electron chi connectivity index (χ2n) is 5.57. The van der Waals surface area contributed by atoms with Crippen molar-refractivity contribution in [2.24, 2.45) is 11.7 Å². The van der Waals surface area contributed by atoms with E-state index in [9.17, 15) is 0 Å². The first kappa shape index (κ1) is 14.6. The van der Waals surface area contributed by atoms with E-state index in [0.717, 1.165) is 11.3 Å². The third kappa shape index (κ3) is 3.04. The van der Waals surface area contributed by atoms with Crippen LogP contribution in [-0.2, 0) is 5.41 Å². The van der Waals surface area contributed by atoms with Crippen LogP contribution in [0.4, 0.5) is 0 Å². The van der Waals surface area contributed by atoms with E-state index in [1.807, 2.05) is 31.2 Å². The molecule has 18 heavy (non-hydrogen) atoms. The average molecular weight is 243 g/mol. The summed E-state index contributed by atoms with van der Waals surface area (Å²) in [4.78, 5) is 0. The highest BCUT2D eigenvalue weighted by molar-refractivity contribution is 5.68. The number of hydrogen-bond acceptors (Lipinski definition) is 1. The van der Waals surface area contributed by atoms with E-state index in [2.05, 4.69) is 45.9 Å². The fraction of sp³-hybridized carbons (Fsp3) is 0.412. The number of benzene rings is 1. The Bertz CT molecular complexity index is 450. The van der Waals surface area contributed by atoms with Gasteiger partial charge >= 0.3 is 0 Å². The molecule has 1 nitrogen and oxygen atoms in total. The monoisotopic (exact) mass is 243 g/mol. The molecule has 1 heteroatoms. The lowest BCUT2D eigenvalue weighted by Crippen LogP contribution is -2.26. The Morgan fingerprint density at radius 1 is 1.22 bits per heavy atom. The number of allylic oxidation sites excluding steroid dienone is 3. The van der Waals surface area contributed by atoms with E-state index < -0.39 is 0 Å². The summed E-state index contributed by atoms with van der Waals surface area (Å²) >= 11 is 0. The fourth-order valence-electron chi connectivity index (χ4n) is 1.90. The first-order valence-corrected chi connectivity index (χ1v) is 6.59. The molecular weight excluding hydrogens is 218 g/mol. The summed E-state index contributed by atoms with van der Waals surface area (Å²) in [5, 5.41) is 0. The van der Waals surface area contributed by atoms with Gasteiger partial charge in [0.2, 0.25) is 0 Å². The van der Waals surface area contributed by atoms with Crippen molar-refractivity contribution >= 4 is 5.70 Å². The zero-order chi connectivity index (χ0) is 13.8. The van der Waals surface area contributed by atoms with Crippen LogP contribution in [0.5, 0.6) is 0 Å². The maximum absolute atomic E-state index is 6.19. The smallest absolute Gasteiger partial charge is 0.0390 e. The highest BCUT2D eigenvalue weighted by atomic mass is 14.6. The molecule has 0 fully saturated rings. The minimum Gasteiger partial charge on any atom is -0.398 e. The molecule has 0 aliphatic rings. The van der Waals surface area contributed by atoms with Crippen molar-refractivity contribution in [3.8, 4) is 0 Å². The van der Waals surface area contributed by atoms with Gasteiger partial charge < -0.3 is 5.73 Å². The van der Waals surface area contributed by atoms with Crippen LogP contribution in [-0.4, -0.2) is 0 Å². The Morgan fingerprint density at radius 3 is 2.39 bits per heavy atom. The van der Waals surface area contributed by atoms with E-state index in [0.29, 0.717) is 5.92 Å². The highest BCUT2D eigenvalue weighted by Gasteiger charge is 2.27. The lowest BCUT2D eigenvalue weighted by molar-refractivity contribution is 0.371. The summed E-state index contributed by atoms with van der Waals surface area (Å²) in [6.45, 7) is 11.1. The van der Waals surface area contributed by atoms with Crippen molar-refractivity contribution in [2.75, 3.05) is 0 Å². The van der Waals surface area contributed by atoms with E-state index in [4.69, 9.17) is 5.73 Å². The van der Waals surface area contributed by atoms with Gasteiger partial charge in [-0.15, -0.1) is 0 Å². The summed E-state index contributed by atoms with van der Waals surface area (Å²) in [5.74, 6) is 0.563. The normalized spacial score (nSPS) is 13.6. The molecule has 0 bridgehead atoms. The Kier molecular flexibility index (Phi) is 4.77. The van der Waals surface area contributed by atoms with Gasteiger partial charge in [-0.05, 0) is 29.9 Å². The molecule has 0 saturated heterocycles. The lowest BCUT2D eigenvalue weighted by atomic mass is 9.73. The molecule has 1 aromatic carbocycles. The summed E-state index contributed by atoms with van der Waals surface area (Å²) in [6.07, 6.45) is 5.94. The Morgan fingerprint density at radius 2 is 1.83 bits per heavy atom. The van der Waals surface area contributed by atoms with Crippen molar-refractivity contribution in [1.82, 2.24) is 0 Å². The maximum Gasteiger partial charge on any atom is 0.0390 e. The minimum absolute atomic E-state index is 0.116. The van der Waals surface area contributed by atoms with Crippen molar-refractivity contribution < 1.29 is 0 Å². The summed E-state index contributed by atoms with van der Waals surface area (Å²) in [7, 11) is 0. The Labute approximate surface area is 111 Å². The van der Waals surface area contributed by atoms with E-state index in [1.54, 1.807) is 0 Å². The molecule has 0 radical (unpaired) electrons. The number of nitrogens with two attached hydrogens (primary N) is 1. The molecule has 0 unspecified atom stereocenters. The van der Waals surface area contributed by atoms with E-state index in [1.165, 1.54) is 5.56 Å². The summed E-state index contributed by atoms with van der Waals surface area (Å²) in [5.41, 5.74) is 9.60. The molecule has 1 rings (SSSR count). The average Bonchev–Trinajstić information content (AvgIpc) is 2.35. The molecule has 2 N–H and O–H groups in total. The van der Waals surface area contributed by atoms with Crippen molar-refractivity contribution in [3.05, 3.63) is 53.6 Å². The maximum atomic E-state index is 6.19. The van der Waals surface area contributed by atoms with Gasteiger partial charge in [0.1, 0.15) is 0 Å². The number of hydrogen-bond donors (Lipinski definition) is 1. The molecular formula is C17H25N. The lowest BCUT2D eigenvalue weighted by Gasteiger charge is -2.32. The Balaban J connectivity index is 3.31. The van der Waals surface area contributed by atoms with E-state index in [-0.39, 0.29) is 5.41 Å². The van der Waals surface area contributed by atoms with Crippen molar-refractivity contribution in [3.63, 3.8) is 0 Å². The van der Waals surface area contributed by atoms with Gasteiger partial charge in [-0.1, -0.05) is 64.1 Å². The van der Waals surface area contributed by atoms with Gasteiger partial charge in [-0.3, -0.25) is 0 Å². The van der Waals surface area contributed by atoms with Gasteiger partial charge in [0.05, 0.1) is 0 Å². The first-order valence-electron chi connectivity index (χ1n) is 6.59. The molecule has 98 valence electrons. The van der Waals surface area contributed by atoms with Crippen LogP contribution < -0.4 is 5.73 Å². The van der Waals surface area contributed by atoms with Gasteiger partial charge in [-0.2, -0.15) is 0 Å². The molecule has 0 saturated carbocycles. The second kappa shape index (κ2) is 5.90. The fourth-order valence-corrected chi connectivity index (χ4v) is 1.90. The van der Waals surface area contributed by atoms with Crippen LogP contribution in [0.25, 0.3) is 5.70 Å². The van der Waals surface area contributed by atoms with Crippen molar-refractivity contribution in [1.29, 1.82) is 0 Å². The largest absolute Gasteiger partial charge is 0.398 e. The topological polar surface area (TPSA) is 26.0 Å². The number of rotatable bonds is 4. The summed E-state index contributed by atoms with van der Waals surface area (Å²) < 4.78 is 0. The molecule has 0 aromatic heterocycles. The molecule has 0 atom stereocenters. The third-order valence-electron chi connectivity index (χ3n) is 3.84. The highest BCUT2D eigenvalue weighted by Crippen LogP contribution is 2.35. The van der Waals surface area contributed by atoms with Crippen LogP contribution >= 0.6 is 0 Å².